The molecule has 5 heteroatoms. The van der Waals surface area contributed by atoms with Crippen molar-refractivity contribution < 1.29 is 0 Å². The molecule has 0 radical (unpaired) electrons. The van der Waals surface area contributed by atoms with E-state index in [1.165, 1.54) is 32.1 Å². The summed E-state index contributed by atoms with van der Waals surface area (Å²) in [5, 5.41) is 0. The van der Waals surface area contributed by atoms with Crippen LogP contribution in [0.25, 0.3) is 11.0 Å². The lowest BCUT2D eigenvalue weighted by atomic mass is 9.79. The number of nitrogens with one attached hydrogen (secondary N) is 1. The molecule has 136 valence electrons. The van der Waals surface area contributed by atoms with E-state index in [4.69, 9.17) is 0 Å². The van der Waals surface area contributed by atoms with Gasteiger partial charge in [0.15, 0.2) is 0 Å². The number of imidazole rings is 1. The molecule has 1 saturated heterocycles. The Hall–Kier alpha value is -1.52. The summed E-state index contributed by atoms with van der Waals surface area (Å²) in [6.07, 6.45) is 10.7. The van der Waals surface area contributed by atoms with Gasteiger partial charge in [0.2, 0.25) is 0 Å². The minimum absolute atomic E-state index is 0. The number of hydrogen-bond acceptors (Lipinski definition) is 2. The Kier molecular flexibility index (Phi) is 5.40. The summed E-state index contributed by atoms with van der Waals surface area (Å²) < 4.78 is 1.98. The minimum atomic E-state index is 0. The highest BCUT2D eigenvalue weighted by molar-refractivity contribution is 5.85. The molecule has 1 N–H and O–H groups in total. The van der Waals surface area contributed by atoms with E-state index in [0.29, 0.717) is 6.04 Å². The van der Waals surface area contributed by atoms with Gasteiger partial charge in [-0.3, -0.25) is 9.47 Å². The van der Waals surface area contributed by atoms with Crippen LogP contribution in [0.5, 0.6) is 0 Å². The molecule has 2 fully saturated rings. The number of halogens is 1. The lowest BCUT2D eigenvalue weighted by Gasteiger charge is -2.47. The molecule has 4 nitrogen and oxygen atoms in total. The van der Waals surface area contributed by atoms with Gasteiger partial charge in [-0.05, 0) is 37.8 Å². The molecule has 2 aliphatic rings. The van der Waals surface area contributed by atoms with Crippen molar-refractivity contribution in [2.24, 2.45) is 0 Å². The Morgan fingerprint density at radius 2 is 1.80 bits per heavy atom. The van der Waals surface area contributed by atoms with E-state index in [-0.39, 0.29) is 23.6 Å². The van der Waals surface area contributed by atoms with Crippen molar-refractivity contribution in [3.8, 4) is 0 Å². The van der Waals surface area contributed by atoms with Gasteiger partial charge in [-0.2, -0.15) is 0 Å². The molecule has 0 atom stereocenters. The Bertz CT molecular complexity index is 780. The number of H-pyrrole nitrogens is 1. The third-order valence-corrected chi connectivity index (χ3v) is 6.18. The maximum absolute atomic E-state index is 12.4. The van der Waals surface area contributed by atoms with Gasteiger partial charge in [-0.1, -0.05) is 37.5 Å². The van der Waals surface area contributed by atoms with E-state index in [2.05, 4.69) is 22.5 Å². The first-order chi connectivity index (χ1) is 11.7. The van der Waals surface area contributed by atoms with Crippen LogP contribution in [0.2, 0.25) is 0 Å². The van der Waals surface area contributed by atoms with Gasteiger partial charge in [-0.15, -0.1) is 19.0 Å². The molecular formula is C20H28ClN3O. The monoisotopic (exact) mass is 361 g/mol. The average Bonchev–Trinajstić information content (AvgIpc) is 2.98. The average molecular weight is 362 g/mol. The SMILES string of the molecule is C=CC1(N2CCC(n3c(=O)[nH]c4ccccc43)CC2)CCCCC1.Cl. The number of aromatic nitrogens is 2. The van der Waals surface area contributed by atoms with Crippen LogP contribution in [0.15, 0.2) is 41.7 Å². The van der Waals surface area contributed by atoms with Gasteiger partial charge in [-0.25, -0.2) is 4.79 Å². The van der Waals surface area contributed by atoms with Crippen molar-refractivity contribution >= 4 is 23.4 Å². The first-order valence-corrected chi connectivity index (χ1v) is 9.31. The fourth-order valence-electron chi connectivity index (χ4n) is 4.82. The van der Waals surface area contributed by atoms with Crippen molar-refractivity contribution in [2.75, 3.05) is 13.1 Å². The second-order valence-corrected chi connectivity index (χ2v) is 7.40. The van der Waals surface area contributed by atoms with Crippen molar-refractivity contribution in [2.45, 2.75) is 56.5 Å². The number of hydrogen-bond donors (Lipinski definition) is 1. The molecule has 2 aromatic rings. The third kappa shape index (κ3) is 3.18. The predicted molar refractivity (Wildman–Crippen MR) is 106 cm³/mol. The quantitative estimate of drug-likeness (QED) is 0.829. The standard InChI is InChI=1S/C20H27N3O.ClH/c1-2-20(12-6-3-7-13-20)22-14-10-16(11-15-22)23-18-9-5-4-8-17(18)21-19(23)24;/h2,4-5,8-9,16H,1,3,6-7,10-15H2,(H,21,24);1H. The van der Waals surface area contributed by atoms with Crippen LogP contribution in [0, 0.1) is 0 Å². The molecule has 1 aromatic carbocycles. The van der Waals surface area contributed by atoms with Crippen LogP contribution < -0.4 is 5.69 Å². The number of para-hydroxylation sites is 2. The summed E-state index contributed by atoms with van der Waals surface area (Å²) in [5.41, 5.74) is 2.22. The van der Waals surface area contributed by atoms with Crippen molar-refractivity contribution in [1.82, 2.24) is 14.5 Å². The molecular weight excluding hydrogens is 334 g/mol. The number of aromatic amines is 1. The maximum Gasteiger partial charge on any atom is 0.326 e. The van der Waals surface area contributed by atoms with E-state index < -0.39 is 0 Å². The Morgan fingerprint density at radius 1 is 1.12 bits per heavy atom. The Labute approximate surface area is 155 Å². The van der Waals surface area contributed by atoms with E-state index in [9.17, 15) is 4.79 Å². The second-order valence-electron chi connectivity index (χ2n) is 7.40. The maximum atomic E-state index is 12.4. The molecule has 2 heterocycles. The number of likely N-dealkylation sites (tertiary alicyclic amines) is 1. The van der Waals surface area contributed by atoms with Crippen LogP contribution in [0.4, 0.5) is 0 Å². The molecule has 1 aliphatic carbocycles. The van der Waals surface area contributed by atoms with E-state index in [1.807, 2.05) is 28.8 Å². The molecule has 25 heavy (non-hydrogen) atoms. The normalized spacial score (nSPS) is 21.8. The van der Waals surface area contributed by atoms with Gasteiger partial charge < -0.3 is 4.98 Å². The number of benzene rings is 1. The van der Waals surface area contributed by atoms with Crippen LogP contribution >= 0.6 is 12.4 Å². The highest BCUT2D eigenvalue weighted by Gasteiger charge is 2.37. The molecule has 1 aromatic heterocycles. The van der Waals surface area contributed by atoms with Crippen LogP contribution in [-0.2, 0) is 0 Å². The van der Waals surface area contributed by atoms with E-state index in [1.54, 1.807) is 0 Å². The lowest BCUT2D eigenvalue weighted by molar-refractivity contribution is 0.0572. The summed E-state index contributed by atoms with van der Waals surface area (Å²) in [6.45, 7) is 6.27. The molecule has 1 saturated carbocycles. The first kappa shape index (κ1) is 18.3. The Balaban J connectivity index is 0.00000182. The van der Waals surface area contributed by atoms with Gasteiger partial charge in [0.25, 0.3) is 0 Å². The fraction of sp³-hybridized carbons (Fsp3) is 0.550. The van der Waals surface area contributed by atoms with E-state index in [0.717, 1.165) is 37.0 Å². The minimum Gasteiger partial charge on any atom is -0.306 e. The molecule has 0 bridgehead atoms. The second kappa shape index (κ2) is 7.38. The zero-order valence-corrected chi connectivity index (χ0v) is 15.6. The fourth-order valence-corrected chi connectivity index (χ4v) is 4.82. The number of piperidine rings is 1. The Morgan fingerprint density at radius 3 is 2.48 bits per heavy atom. The molecule has 0 unspecified atom stereocenters. The third-order valence-electron chi connectivity index (χ3n) is 6.18. The summed E-state index contributed by atoms with van der Waals surface area (Å²) >= 11 is 0. The molecule has 4 rings (SSSR count). The first-order valence-electron chi connectivity index (χ1n) is 9.31. The predicted octanol–water partition coefficient (Wildman–Crippen LogP) is 4.28. The largest absolute Gasteiger partial charge is 0.326 e. The highest BCUT2D eigenvalue weighted by atomic mass is 35.5. The van der Waals surface area contributed by atoms with Crippen molar-refractivity contribution in [3.05, 3.63) is 47.4 Å². The number of nitrogens with zero attached hydrogens (tertiary/aromatic N) is 2. The van der Waals surface area contributed by atoms with Gasteiger partial charge >= 0.3 is 5.69 Å². The lowest BCUT2D eigenvalue weighted by Crippen LogP contribution is -2.52. The summed E-state index contributed by atoms with van der Waals surface area (Å²) in [4.78, 5) is 18.0. The van der Waals surface area contributed by atoms with Gasteiger partial charge in [0.05, 0.1) is 11.0 Å². The summed E-state index contributed by atoms with van der Waals surface area (Å²) in [7, 11) is 0. The zero-order valence-electron chi connectivity index (χ0n) is 14.7. The molecule has 1 aliphatic heterocycles. The van der Waals surface area contributed by atoms with Crippen LogP contribution in [0.3, 0.4) is 0 Å². The molecule has 0 spiro atoms. The van der Waals surface area contributed by atoms with Crippen molar-refractivity contribution in [1.29, 1.82) is 0 Å². The summed E-state index contributed by atoms with van der Waals surface area (Å²) in [5.74, 6) is 0. The number of fused-ring (bicyclic) bond motifs is 1. The van der Waals surface area contributed by atoms with Crippen LogP contribution in [0.1, 0.15) is 51.0 Å². The topological polar surface area (TPSA) is 41.0 Å². The summed E-state index contributed by atoms with van der Waals surface area (Å²) in [6, 6.07) is 8.32. The molecule has 0 amide bonds. The van der Waals surface area contributed by atoms with Crippen LogP contribution in [-0.4, -0.2) is 33.1 Å². The van der Waals surface area contributed by atoms with E-state index >= 15 is 0 Å². The zero-order chi connectivity index (χ0) is 16.6. The van der Waals surface area contributed by atoms with Gasteiger partial charge in [0, 0.05) is 24.7 Å². The number of rotatable bonds is 3. The smallest absolute Gasteiger partial charge is 0.306 e. The van der Waals surface area contributed by atoms with Gasteiger partial charge in [0.1, 0.15) is 0 Å². The highest BCUT2D eigenvalue weighted by Crippen LogP contribution is 2.38. The van der Waals surface area contributed by atoms with Crippen molar-refractivity contribution in [3.63, 3.8) is 0 Å².